The van der Waals surface area contributed by atoms with Crippen molar-refractivity contribution in [2.75, 3.05) is 11.6 Å². The number of carbonyl (C=O) groups is 1. The van der Waals surface area contributed by atoms with Gasteiger partial charge in [-0.15, -0.1) is 0 Å². The first-order chi connectivity index (χ1) is 11.2. The fourth-order valence-corrected chi connectivity index (χ4v) is 2.80. The molecule has 8 heteroatoms. The summed E-state index contributed by atoms with van der Waals surface area (Å²) >= 11 is 0. The van der Waals surface area contributed by atoms with E-state index < -0.39 is 20.7 Å². The van der Waals surface area contributed by atoms with Gasteiger partial charge in [-0.05, 0) is 36.8 Å². The van der Waals surface area contributed by atoms with Crippen LogP contribution in [0.15, 0.2) is 47.4 Å². The van der Waals surface area contributed by atoms with Gasteiger partial charge in [0.25, 0.3) is 11.6 Å². The Balaban J connectivity index is 2.23. The van der Waals surface area contributed by atoms with Crippen molar-refractivity contribution in [3.8, 4) is 0 Å². The van der Waals surface area contributed by atoms with E-state index in [4.69, 9.17) is 0 Å². The van der Waals surface area contributed by atoms with Gasteiger partial charge >= 0.3 is 0 Å². The summed E-state index contributed by atoms with van der Waals surface area (Å²) in [6.07, 6.45) is 1.59. The van der Waals surface area contributed by atoms with Crippen LogP contribution in [0.3, 0.4) is 0 Å². The van der Waals surface area contributed by atoms with Crippen molar-refractivity contribution in [2.24, 2.45) is 0 Å². The number of aryl methyl sites for hydroxylation is 1. The number of nitro benzene ring substituents is 1. The van der Waals surface area contributed by atoms with Gasteiger partial charge in [0.05, 0.1) is 9.82 Å². The van der Waals surface area contributed by atoms with E-state index in [2.05, 4.69) is 5.32 Å². The molecule has 0 aliphatic carbocycles. The highest BCUT2D eigenvalue weighted by Crippen LogP contribution is 2.24. The largest absolute Gasteiger partial charge is 0.322 e. The van der Waals surface area contributed by atoms with Gasteiger partial charge in [0.15, 0.2) is 9.84 Å². The Hall–Kier alpha value is -2.74. The van der Waals surface area contributed by atoms with E-state index in [0.717, 1.165) is 6.26 Å². The third kappa shape index (κ3) is 3.96. The van der Waals surface area contributed by atoms with Crippen LogP contribution in [0.5, 0.6) is 0 Å². The molecule has 0 radical (unpaired) electrons. The second-order valence-corrected chi connectivity index (χ2v) is 7.22. The molecule has 0 saturated heterocycles. The summed E-state index contributed by atoms with van der Waals surface area (Å²) in [5, 5.41) is 13.6. The molecule has 0 fully saturated rings. The molecule has 0 saturated carbocycles. The zero-order valence-electron chi connectivity index (χ0n) is 13.1. The number of hydrogen-bond acceptors (Lipinski definition) is 5. The minimum atomic E-state index is -3.33. The number of nitrogens with one attached hydrogen (secondary N) is 1. The number of carbonyl (C=O) groups excluding carboxylic acids is 1. The van der Waals surface area contributed by atoms with Crippen molar-refractivity contribution in [1.82, 2.24) is 0 Å². The molecule has 2 aromatic carbocycles. The molecule has 0 heterocycles. The van der Waals surface area contributed by atoms with Crippen LogP contribution >= 0.6 is 0 Å². The monoisotopic (exact) mass is 348 g/mol. The van der Waals surface area contributed by atoms with Gasteiger partial charge in [0, 0.05) is 29.1 Å². The molecule has 0 aliphatic rings. The topological polar surface area (TPSA) is 106 Å². The van der Waals surface area contributed by atoms with Crippen LogP contribution in [-0.4, -0.2) is 25.5 Å². The van der Waals surface area contributed by atoms with Gasteiger partial charge in [0.1, 0.15) is 0 Å². The van der Waals surface area contributed by atoms with Gasteiger partial charge < -0.3 is 5.32 Å². The molecule has 1 N–H and O–H groups in total. The number of nitrogens with zero attached hydrogens (tertiary/aromatic N) is 1. The Kier molecular flexibility index (Phi) is 4.99. The molecule has 7 nitrogen and oxygen atoms in total. The van der Waals surface area contributed by atoms with Gasteiger partial charge in [0.2, 0.25) is 0 Å². The number of benzene rings is 2. The quantitative estimate of drug-likeness (QED) is 0.660. The lowest BCUT2D eigenvalue weighted by Gasteiger charge is -2.07. The second-order valence-electron chi connectivity index (χ2n) is 5.20. The summed E-state index contributed by atoms with van der Waals surface area (Å²) < 4.78 is 22.8. The average molecular weight is 348 g/mol. The average Bonchev–Trinajstić information content (AvgIpc) is 2.54. The van der Waals surface area contributed by atoms with E-state index >= 15 is 0 Å². The summed E-state index contributed by atoms with van der Waals surface area (Å²) in [6, 6.07) is 9.96. The van der Waals surface area contributed by atoms with Crippen LogP contribution in [0.25, 0.3) is 0 Å². The van der Waals surface area contributed by atoms with Crippen molar-refractivity contribution in [1.29, 1.82) is 0 Å². The van der Waals surface area contributed by atoms with E-state index in [1.165, 1.54) is 30.3 Å². The fourth-order valence-electron chi connectivity index (χ4n) is 2.17. The molecule has 0 atom stereocenters. The summed E-state index contributed by atoms with van der Waals surface area (Å²) in [6.45, 7) is 1.81. The summed E-state index contributed by atoms with van der Waals surface area (Å²) in [7, 11) is -3.33. The van der Waals surface area contributed by atoms with E-state index in [-0.39, 0.29) is 16.1 Å². The molecule has 0 unspecified atom stereocenters. The fraction of sp³-hybridized carbons (Fsp3) is 0.188. The van der Waals surface area contributed by atoms with E-state index in [9.17, 15) is 23.3 Å². The molecule has 0 aromatic heterocycles. The van der Waals surface area contributed by atoms with Crippen molar-refractivity contribution in [2.45, 2.75) is 18.2 Å². The van der Waals surface area contributed by atoms with Crippen molar-refractivity contribution >= 4 is 27.1 Å². The minimum absolute atomic E-state index is 0.0530. The van der Waals surface area contributed by atoms with Crippen molar-refractivity contribution < 1.29 is 18.1 Å². The first-order valence-corrected chi connectivity index (χ1v) is 9.00. The second kappa shape index (κ2) is 6.79. The van der Waals surface area contributed by atoms with Crippen LogP contribution in [0.2, 0.25) is 0 Å². The molecule has 126 valence electrons. The first kappa shape index (κ1) is 17.6. The number of anilines is 1. The summed E-state index contributed by atoms with van der Waals surface area (Å²) in [4.78, 5) is 22.9. The van der Waals surface area contributed by atoms with Gasteiger partial charge in [-0.3, -0.25) is 14.9 Å². The Labute approximate surface area is 139 Å². The van der Waals surface area contributed by atoms with Crippen LogP contribution in [-0.2, 0) is 16.3 Å². The molecular formula is C16H16N2O5S. The maximum Gasteiger partial charge on any atom is 0.274 e. The van der Waals surface area contributed by atoms with Crippen LogP contribution in [0, 0.1) is 10.1 Å². The van der Waals surface area contributed by atoms with Crippen LogP contribution in [0.1, 0.15) is 22.8 Å². The van der Waals surface area contributed by atoms with Gasteiger partial charge in [-0.2, -0.15) is 0 Å². The van der Waals surface area contributed by atoms with Crippen molar-refractivity contribution in [3.05, 3.63) is 63.7 Å². The molecule has 2 rings (SSSR count). The molecular weight excluding hydrogens is 332 g/mol. The first-order valence-electron chi connectivity index (χ1n) is 7.11. The minimum Gasteiger partial charge on any atom is -0.322 e. The van der Waals surface area contributed by atoms with E-state index in [0.29, 0.717) is 17.7 Å². The van der Waals surface area contributed by atoms with Crippen LogP contribution in [0.4, 0.5) is 11.4 Å². The molecule has 0 bridgehead atoms. The smallest absolute Gasteiger partial charge is 0.274 e. The Morgan fingerprint density at radius 1 is 1.17 bits per heavy atom. The molecule has 2 aromatic rings. The zero-order valence-corrected chi connectivity index (χ0v) is 14.0. The third-order valence-corrected chi connectivity index (χ3v) is 4.59. The highest BCUT2D eigenvalue weighted by molar-refractivity contribution is 7.90. The number of amides is 1. The number of rotatable bonds is 5. The number of hydrogen-bond donors (Lipinski definition) is 1. The molecule has 0 spiro atoms. The Morgan fingerprint density at radius 2 is 1.79 bits per heavy atom. The van der Waals surface area contributed by atoms with Gasteiger partial charge in [-0.1, -0.05) is 13.0 Å². The van der Waals surface area contributed by atoms with Gasteiger partial charge in [-0.25, -0.2) is 8.42 Å². The Bertz CT molecular complexity index is 889. The predicted octanol–water partition coefficient (Wildman–Crippen LogP) is 2.81. The maximum atomic E-state index is 12.2. The standard InChI is InChI=1S/C16H16N2O5S/c1-3-11-4-7-13(10-15(11)18(20)21)17-16(19)12-5-8-14(9-6-12)24(2,22)23/h4-10H,3H2,1-2H3,(H,17,19). The predicted molar refractivity (Wildman–Crippen MR) is 90.0 cm³/mol. The molecule has 1 amide bonds. The normalized spacial score (nSPS) is 11.1. The SMILES string of the molecule is CCc1ccc(NC(=O)c2ccc(S(C)(=O)=O)cc2)cc1[N+](=O)[O-]. The molecule has 0 aliphatic heterocycles. The highest BCUT2D eigenvalue weighted by atomic mass is 32.2. The lowest BCUT2D eigenvalue weighted by atomic mass is 10.1. The number of sulfone groups is 1. The third-order valence-electron chi connectivity index (χ3n) is 3.47. The van der Waals surface area contributed by atoms with E-state index in [1.54, 1.807) is 12.1 Å². The molecule has 24 heavy (non-hydrogen) atoms. The summed E-state index contributed by atoms with van der Waals surface area (Å²) in [5.74, 6) is -0.478. The summed E-state index contributed by atoms with van der Waals surface area (Å²) in [5.41, 5.74) is 1.08. The lowest BCUT2D eigenvalue weighted by molar-refractivity contribution is -0.385. The zero-order chi connectivity index (χ0) is 17.9. The lowest BCUT2D eigenvalue weighted by Crippen LogP contribution is -2.12. The number of nitro groups is 1. The van der Waals surface area contributed by atoms with E-state index in [1.807, 2.05) is 6.92 Å². The van der Waals surface area contributed by atoms with Crippen LogP contribution < -0.4 is 5.32 Å². The maximum absolute atomic E-state index is 12.2. The van der Waals surface area contributed by atoms with Crippen molar-refractivity contribution in [3.63, 3.8) is 0 Å². The Morgan fingerprint density at radius 3 is 2.29 bits per heavy atom. The highest BCUT2D eigenvalue weighted by Gasteiger charge is 2.15.